The van der Waals surface area contributed by atoms with Gasteiger partial charge < -0.3 is 10.3 Å². The van der Waals surface area contributed by atoms with Gasteiger partial charge in [0.1, 0.15) is 5.82 Å². The largest absolute Gasteiger partial charge is 0.471 e. The Morgan fingerprint density at radius 3 is 2.56 bits per heavy atom. The molecule has 1 aromatic carbocycles. The van der Waals surface area contributed by atoms with Gasteiger partial charge in [-0.05, 0) is 17.7 Å². The van der Waals surface area contributed by atoms with E-state index in [-0.39, 0.29) is 11.4 Å². The van der Waals surface area contributed by atoms with Crippen LogP contribution < -0.4 is 5.73 Å². The van der Waals surface area contributed by atoms with E-state index in [1.807, 2.05) is 0 Å². The van der Waals surface area contributed by atoms with Crippen LogP contribution in [0.4, 0.5) is 17.6 Å². The second-order valence-corrected chi connectivity index (χ2v) is 3.49. The minimum Gasteiger partial charge on any atom is -0.329 e. The first-order valence-electron chi connectivity index (χ1n) is 4.80. The molecule has 2 rings (SSSR count). The molecule has 0 saturated heterocycles. The second kappa shape index (κ2) is 4.37. The van der Waals surface area contributed by atoms with Crippen molar-refractivity contribution in [1.82, 2.24) is 10.1 Å². The topological polar surface area (TPSA) is 64.9 Å². The molecule has 0 fully saturated rings. The van der Waals surface area contributed by atoms with Crippen molar-refractivity contribution in [2.45, 2.75) is 12.2 Å². The lowest BCUT2D eigenvalue weighted by Gasteiger charge is -2.06. The molecule has 0 amide bonds. The standard InChI is InChI=1S/C10H7F4N3O/c11-6-3-1-2-5(4-6)7(15)8-16-9(18-17-8)10(12,13)14/h1-4,7H,15H2. The summed E-state index contributed by atoms with van der Waals surface area (Å²) >= 11 is 0. The maximum Gasteiger partial charge on any atom is 0.471 e. The van der Waals surface area contributed by atoms with E-state index in [1.165, 1.54) is 18.2 Å². The van der Waals surface area contributed by atoms with Gasteiger partial charge in [-0.3, -0.25) is 0 Å². The molecule has 1 aromatic heterocycles. The highest BCUT2D eigenvalue weighted by Crippen LogP contribution is 2.28. The van der Waals surface area contributed by atoms with E-state index in [0.717, 1.165) is 6.07 Å². The first-order chi connectivity index (χ1) is 8.38. The van der Waals surface area contributed by atoms with E-state index in [2.05, 4.69) is 14.7 Å². The van der Waals surface area contributed by atoms with E-state index in [0.29, 0.717) is 0 Å². The molecule has 1 unspecified atom stereocenters. The van der Waals surface area contributed by atoms with Gasteiger partial charge in [0.2, 0.25) is 0 Å². The summed E-state index contributed by atoms with van der Waals surface area (Å²) in [5.74, 6) is -2.39. The van der Waals surface area contributed by atoms with Gasteiger partial charge in [-0.15, -0.1) is 0 Å². The minimum atomic E-state index is -4.73. The van der Waals surface area contributed by atoms with Crippen molar-refractivity contribution in [2.75, 3.05) is 0 Å². The molecule has 96 valence electrons. The molecule has 0 aliphatic rings. The maximum atomic E-state index is 12.9. The van der Waals surface area contributed by atoms with Crippen LogP contribution in [0.5, 0.6) is 0 Å². The molecule has 1 heterocycles. The first-order valence-corrected chi connectivity index (χ1v) is 4.80. The van der Waals surface area contributed by atoms with Gasteiger partial charge in [-0.25, -0.2) is 4.39 Å². The number of nitrogens with zero attached hydrogens (tertiary/aromatic N) is 2. The molecule has 0 radical (unpaired) electrons. The highest BCUT2D eigenvalue weighted by molar-refractivity contribution is 5.24. The molecule has 18 heavy (non-hydrogen) atoms. The van der Waals surface area contributed by atoms with Crippen LogP contribution in [0.2, 0.25) is 0 Å². The second-order valence-electron chi connectivity index (χ2n) is 3.49. The van der Waals surface area contributed by atoms with Crippen molar-refractivity contribution in [3.05, 3.63) is 47.4 Å². The maximum absolute atomic E-state index is 12.9. The molecule has 0 spiro atoms. The third-order valence-electron chi connectivity index (χ3n) is 2.17. The summed E-state index contributed by atoms with van der Waals surface area (Å²) in [6.45, 7) is 0. The average molecular weight is 261 g/mol. The van der Waals surface area contributed by atoms with Crippen molar-refractivity contribution in [1.29, 1.82) is 0 Å². The van der Waals surface area contributed by atoms with Crippen LogP contribution in [0.25, 0.3) is 0 Å². The predicted molar refractivity (Wildman–Crippen MR) is 51.7 cm³/mol. The third-order valence-corrected chi connectivity index (χ3v) is 2.17. The molecule has 8 heteroatoms. The highest BCUT2D eigenvalue weighted by Gasteiger charge is 2.39. The quantitative estimate of drug-likeness (QED) is 0.842. The number of alkyl halides is 3. The van der Waals surface area contributed by atoms with Gasteiger partial charge in [-0.1, -0.05) is 17.3 Å². The third kappa shape index (κ3) is 2.48. The summed E-state index contributed by atoms with van der Waals surface area (Å²) in [4.78, 5) is 3.14. The Kier molecular flexibility index (Phi) is 3.04. The Morgan fingerprint density at radius 1 is 1.28 bits per heavy atom. The normalized spacial score (nSPS) is 13.6. The Bertz CT molecular complexity index is 552. The lowest BCUT2D eigenvalue weighted by Crippen LogP contribution is -2.14. The lowest BCUT2D eigenvalue weighted by molar-refractivity contribution is -0.159. The van der Waals surface area contributed by atoms with Crippen LogP contribution in [0.3, 0.4) is 0 Å². The summed E-state index contributed by atoms with van der Waals surface area (Å²) in [6.07, 6.45) is -4.73. The van der Waals surface area contributed by atoms with Crippen LogP contribution >= 0.6 is 0 Å². The van der Waals surface area contributed by atoms with Crippen LogP contribution in [0, 0.1) is 5.82 Å². The molecule has 2 aromatic rings. The summed E-state index contributed by atoms with van der Waals surface area (Å²) in [7, 11) is 0. The van der Waals surface area contributed by atoms with Crippen molar-refractivity contribution in [3.63, 3.8) is 0 Å². The molecular formula is C10H7F4N3O. The highest BCUT2D eigenvalue weighted by atomic mass is 19.4. The Labute approximate surface area is 98.4 Å². The molecule has 4 nitrogen and oxygen atoms in total. The monoisotopic (exact) mass is 261 g/mol. The fourth-order valence-corrected chi connectivity index (χ4v) is 1.33. The van der Waals surface area contributed by atoms with Gasteiger partial charge in [0.05, 0.1) is 6.04 Å². The average Bonchev–Trinajstić information content (AvgIpc) is 2.77. The van der Waals surface area contributed by atoms with Gasteiger partial charge in [0.15, 0.2) is 5.82 Å². The number of rotatable bonds is 2. The van der Waals surface area contributed by atoms with E-state index >= 15 is 0 Å². The van der Waals surface area contributed by atoms with Gasteiger partial charge >= 0.3 is 12.1 Å². The van der Waals surface area contributed by atoms with E-state index in [9.17, 15) is 17.6 Å². The molecular weight excluding hydrogens is 254 g/mol. The van der Waals surface area contributed by atoms with Crippen LogP contribution in [-0.2, 0) is 6.18 Å². The molecule has 0 bridgehead atoms. The van der Waals surface area contributed by atoms with Gasteiger partial charge in [-0.2, -0.15) is 18.2 Å². The number of hydrogen-bond donors (Lipinski definition) is 1. The molecule has 1 atom stereocenters. The Hall–Kier alpha value is -1.96. The number of nitrogens with two attached hydrogens (primary N) is 1. The lowest BCUT2D eigenvalue weighted by atomic mass is 10.1. The zero-order chi connectivity index (χ0) is 13.3. The van der Waals surface area contributed by atoms with Crippen LogP contribution in [0.1, 0.15) is 23.3 Å². The SMILES string of the molecule is NC(c1cccc(F)c1)c1noc(C(F)(F)F)n1. The summed E-state index contributed by atoms with van der Waals surface area (Å²) in [6, 6.07) is 4.04. The summed E-state index contributed by atoms with van der Waals surface area (Å²) in [5, 5.41) is 3.14. The Morgan fingerprint density at radius 2 is 2.00 bits per heavy atom. The van der Waals surface area contributed by atoms with Crippen molar-refractivity contribution in [3.8, 4) is 0 Å². The summed E-state index contributed by atoms with van der Waals surface area (Å²) in [5.41, 5.74) is 5.88. The minimum absolute atomic E-state index is 0.254. The zero-order valence-electron chi connectivity index (χ0n) is 8.78. The van der Waals surface area contributed by atoms with E-state index in [1.54, 1.807) is 0 Å². The van der Waals surface area contributed by atoms with Crippen LogP contribution in [-0.4, -0.2) is 10.1 Å². The van der Waals surface area contributed by atoms with Crippen LogP contribution in [0.15, 0.2) is 28.8 Å². The zero-order valence-corrected chi connectivity index (χ0v) is 8.78. The van der Waals surface area contributed by atoms with E-state index in [4.69, 9.17) is 5.73 Å². The Balaban J connectivity index is 2.29. The molecule has 2 N–H and O–H groups in total. The number of hydrogen-bond acceptors (Lipinski definition) is 4. The number of aromatic nitrogens is 2. The fraction of sp³-hybridized carbons (Fsp3) is 0.200. The predicted octanol–water partition coefficient (Wildman–Crippen LogP) is 2.28. The van der Waals surface area contributed by atoms with E-state index < -0.39 is 23.9 Å². The summed E-state index contributed by atoms with van der Waals surface area (Å²) < 4.78 is 53.7. The molecule has 0 aliphatic heterocycles. The number of benzene rings is 1. The van der Waals surface area contributed by atoms with Gasteiger partial charge in [0, 0.05) is 0 Å². The first kappa shape index (κ1) is 12.5. The van der Waals surface area contributed by atoms with Crippen molar-refractivity contribution >= 4 is 0 Å². The molecule has 0 saturated carbocycles. The van der Waals surface area contributed by atoms with Gasteiger partial charge in [0.25, 0.3) is 0 Å². The molecule has 0 aliphatic carbocycles. The smallest absolute Gasteiger partial charge is 0.329 e. The number of halogens is 4. The fourth-order valence-electron chi connectivity index (χ4n) is 1.33. The van der Waals surface area contributed by atoms with Crippen molar-refractivity contribution < 1.29 is 22.1 Å². The van der Waals surface area contributed by atoms with Crippen molar-refractivity contribution in [2.24, 2.45) is 5.73 Å².